The molecule has 5 heteroatoms. The fraction of sp³-hybridized carbons (Fsp3) is 0.650. The summed E-state index contributed by atoms with van der Waals surface area (Å²) >= 11 is 0. The highest BCUT2D eigenvalue weighted by Gasteiger charge is 2.46. The molecular formula is C20H28N2O3. The number of benzene rings is 1. The molecule has 1 saturated heterocycles. The number of carbonyl (C=O) groups is 1. The van der Waals surface area contributed by atoms with Crippen LogP contribution in [-0.4, -0.2) is 37.7 Å². The summed E-state index contributed by atoms with van der Waals surface area (Å²) in [5, 5.41) is 6.57. The first-order valence-electron chi connectivity index (χ1n) is 9.63. The van der Waals surface area contributed by atoms with Crippen molar-refractivity contribution in [1.82, 2.24) is 10.6 Å². The number of hydrogen-bond donors (Lipinski definition) is 2. The summed E-state index contributed by atoms with van der Waals surface area (Å²) in [5.74, 6) is 2.41. The lowest BCUT2D eigenvalue weighted by atomic mass is 10.0. The van der Waals surface area contributed by atoms with Crippen LogP contribution in [0.1, 0.15) is 50.2 Å². The predicted molar refractivity (Wildman–Crippen MR) is 96.3 cm³/mol. The van der Waals surface area contributed by atoms with E-state index in [1.165, 1.54) is 5.56 Å². The standard InChI is InChI=1S/C20H28N2O3/c1-3-24-19-8-13-7-12(2)25-18(13)10-16(19)15-9-17(15)20(23)22-14-5-4-6-21-11-14/h8,10,12,14-15,17,21H,3-7,9,11H2,1-2H3,(H,22,23)/t12?,14-,15+,17-/m1/s1. The highest BCUT2D eigenvalue weighted by molar-refractivity contribution is 5.83. The molecule has 0 radical (unpaired) electrons. The maximum atomic E-state index is 12.6. The second-order valence-electron chi connectivity index (χ2n) is 7.56. The second-order valence-corrected chi connectivity index (χ2v) is 7.56. The fourth-order valence-corrected chi connectivity index (χ4v) is 4.14. The third kappa shape index (κ3) is 3.47. The topological polar surface area (TPSA) is 59.6 Å². The highest BCUT2D eigenvalue weighted by atomic mass is 16.5. The molecule has 0 bridgehead atoms. The molecule has 25 heavy (non-hydrogen) atoms. The van der Waals surface area contributed by atoms with Crippen molar-refractivity contribution in [3.05, 3.63) is 23.3 Å². The Kier molecular flexibility index (Phi) is 4.59. The minimum Gasteiger partial charge on any atom is -0.494 e. The molecular weight excluding hydrogens is 316 g/mol. The number of rotatable bonds is 5. The number of piperidine rings is 1. The quantitative estimate of drug-likeness (QED) is 0.861. The predicted octanol–water partition coefficient (Wildman–Crippen LogP) is 2.38. The van der Waals surface area contributed by atoms with E-state index in [4.69, 9.17) is 9.47 Å². The van der Waals surface area contributed by atoms with Crippen molar-refractivity contribution >= 4 is 5.91 Å². The summed E-state index contributed by atoms with van der Waals surface area (Å²) in [5.41, 5.74) is 2.35. The van der Waals surface area contributed by atoms with Crippen molar-refractivity contribution < 1.29 is 14.3 Å². The van der Waals surface area contributed by atoms with Gasteiger partial charge in [-0.2, -0.15) is 0 Å². The Morgan fingerprint density at radius 1 is 1.44 bits per heavy atom. The SMILES string of the molecule is CCOc1cc2c(cc1[C@@H]1C[C@H]1C(=O)N[C@@H]1CCCNC1)OC(C)C2. The van der Waals surface area contributed by atoms with Gasteiger partial charge in [0.2, 0.25) is 5.91 Å². The van der Waals surface area contributed by atoms with Gasteiger partial charge in [-0.3, -0.25) is 4.79 Å². The summed E-state index contributed by atoms with van der Waals surface area (Å²) in [6, 6.07) is 4.51. The zero-order chi connectivity index (χ0) is 17.4. The molecule has 5 nitrogen and oxygen atoms in total. The van der Waals surface area contributed by atoms with Crippen LogP contribution in [0.3, 0.4) is 0 Å². The van der Waals surface area contributed by atoms with Crippen molar-refractivity contribution in [2.45, 2.75) is 57.6 Å². The van der Waals surface area contributed by atoms with Gasteiger partial charge in [0.25, 0.3) is 0 Å². The third-order valence-electron chi connectivity index (χ3n) is 5.50. The van der Waals surface area contributed by atoms with E-state index in [0.717, 1.165) is 55.8 Å². The second kappa shape index (κ2) is 6.87. The molecule has 2 aliphatic heterocycles. The molecule has 1 aromatic carbocycles. The normalized spacial score (nSPS) is 30.3. The number of amides is 1. The molecule has 1 unspecified atom stereocenters. The highest BCUT2D eigenvalue weighted by Crippen LogP contribution is 2.52. The van der Waals surface area contributed by atoms with Crippen LogP contribution in [0, 0.1) is 5.92 Å². The molecule has 2 heterocycles. The monoisotopic (exact) mass is 344 g/mol. The Hall–Kier alpha value is -1.75. The molecule has 1 aliphatic carbocycles. The van der Waals surface area contributed by atoms with E-state index in [-0.39, 0.29) is 29.9 Å². The molecule has 4 atom stereocenters. The Balaban J connectivity index is 1.47. The van der Waals surface area contributed by atoms with Crippen LogP contribution in [0.5, 0.6) is 11.5 Å². The van der Waals surface area contributed by atoms with Crippen LogP contribution in [0.2, 0.25) is 0 Å². The molecule has 1 amide bonds. The van der Waals surface area contributed by atoms with Crippen LogP contribution in [0.25, 0.3) is 0 Å². The van der Waals surface area contributed by atoms with E-state index >= 15 is 0 Å². The van der Waals surface area contributed by atoms with Crippen molar-refractivity contribution in [1.29, 1.82) is 0 Å². The number of hydrogen-bond acceptors (Lipinski definition) is 4. The van der Waals surface area contributed by atoms with Crippen LogP contribution in [0.4, 0.5) is 0 Å². The summed E-state index contributed by atoms with van der Waals surface area (Å²) in [6.07, 6.45) is 4.26. The van der Waals surface area contributed by atoms with E-state index < -0.39 is 0 Å². The molecule has 1 aromatic rings. The van der Waals surface area contributed by atoms with Crippen molar-refractivity contribution in [3.8, 4) is 11.5 Å². The Morgan fingerprint density at radius 3 is 3.08 bits per heavy atom. The summed E-state index contributed by atoms with van der Waals surface area (Å²) in [7, 11) is 0. The lowest BCUT2D eigenvalue weighted by Gasteiger charge is -2.24. The van der Waals surface area contributed by atoms with Gasteiger partial charge in [-0.15, -0.1) is 0 Å². The van der Waals surface area contributed by atoms with Crippen LogP contribution in [-0.2, 0) is 11.2 Å². The summed E-state index contributed by atoms with van der Waals surface area (Å²) in [4.78, 5) is 12.6. The van der Waals surface area contributed by atoms with Gasteiger partial charge in [0.05, 0.1) is 6.61 Å². The van der Waals surface area contributed by atoms with Crippen LogP contribution < -0.4 is 20.1 Å². The van der Waals surface area contributed by atoms with Crippen molar-refractivity contribution in [3.63, 3.8) is 0 Å². The largest absolute Gasteiger partial charge is 0.494 e. The number of ether oxygens (including phenoxy) is 2. The minimum absolute atomic E-state index is 0.0676. The van der Waals surface area contributed by atoms with Crippen molar-refractivity contribution in [2.24, 2.45) is 5.92 Å². The lowest BCUT2D eigenvalue weighted by Crippen LogP contribution is -2.46. The van der Waals surface area contributed by atoms with Gasteiger partial charge in [-0.1, -0.05) is 0 Å². The van der Waals surface area contributed by atoms with Crippen LogP contribution >= 0.6 is 0 Å². The molecule has 3 aliphatic rings. The maximum absolute atomic E-state index is 12.6. The first-order valence-corrected chi connectivity index (χ1v) is 9.63. The average Bonchev–Trinajstić information content (AvgIpc) is 3.31. The fourth-order valence-electron chi connectivity index (χ4n) is 4.14. The molecule has 0 aromatic heterocycles. The Morgan fingerprint density at radius 2 is 2.32 bits per heavy atom. The molecule has 2 N–H and O–H groups in total. The average molecular weight is 344 g/mol. The van der Waals surface area contributed by atoms with E-state index in [1.807, 2.05) is 6.92 Å². The summed E-state index contributed by atoms with van der Waals surface area (Å²) in [6.45, 7) is 6.68. The van der Waals surface area contributed by atoms with Gasteiger partial charge < -0.3 is 20.1 Å². The number of nitrogens with one attached hydrogen (secondary N) is 2. The van der Waals surface area contributed by atoms with E-state index in [2.05, 4.69) is 29.7 Å². The zero-order valence-electron chi connectivity index (χ0n) is 15.1. The molecule has 2 fully saturated rings. The van der Waals surface area contributed by atoms with Gasteiger partial charge in [-0.25, -0.2) is 0 Å². The summed E-state index contributed by atoms with van der Waals surface area (Å²) < 4.78 is 11.8. The molecule has 136 valence electrons. The minimum atomic E-state index is 0.0676. The first-order chi connectivity index (χ1) is 12.2. The van der Waals surface area contributed by atoms with Gasteiger partial charge in [0, 0.05) is 42.0 Å². The Labute approximate surface area is 149 Å². The smallest absolute Gasteiger partial charge is 0.224 e. The Bertz CT molecular complexity index is 655. The van der Waals surface area contributed by atoms with Gasteiger partial charge in [-0.05, 0) is 51.8 Å². The van der Waals surface area contributed by atoms with Crippen molar-refractivity contribution in [2.75, 3.05) is 19.7 Å². The van der Waals surface area contributed by atoms with E-state index in [9.17, 15) is 4.79 Å². The van der Waals surface area contributed by atoms with Crippen LogP contribution in [0.15, 0.2) is 12.1 Å². The van der Waals surface area contributed by atoms with Gasteiger partial charge in [0.1, 0.15) is 17.6 Å². The lowest BCUT2D eigenvalue weighted by molar-refractivity contribution is -0.123. The number of carbonyl (C=O) groups excluding carboxylic acids is 1. The first kappa shape index (κ1) is 16.7. The van der Waals surface area contributed by atoms with E-state index in [0.29, 0.717) is 6.61 Å². The molecule has 1 saturated carbocycles. The molecule has 4 rings (SSSR count). The number of fused-ring (bicyclic) bond motifs is 1. The van der Waals surface area contributed by atoms with E-state index in [1.54, 1.807) is 0 Å². The molecule has 0 spiro atoms. The zero-order valence-corrected chi connectivity index (χ0v) is 15.1. The van der Waals surface area contributed by atoms with Gasteiger partial charge >= 0.3 is 0 Å². The third-order valence-corrected chi connectivity index (χ3v) is 5.50. The maximum Gasteiger partial charge on any atom is 0.224 e. The van der Waals surface area contributed by atoms with Gasteiger partial charge in [0.15, 0.2) is 0 Å².